The highest BCUT2D eigenvalue weighted by Crippen LogP contribution is 2.47. The lowest BCUT2D eigenvalue weighted by molar-refractivity contribution is -0.108. The lowest BCUT2D eigenvalue weighted by atomic mass is 9.65. The molecule has 0 aromatic rings. The predicted octanol–water partition coefficient (Wildman–Crippen LogP) is 1.64. The molecule has 0 aromatic carbocycles. The summed E-state index contributed by atoms with van der Waals surface area (Å²) in [7, 11) is 2.21. The third-order valence-corrected chi connectivity index (χ3v) is 5.80. The minimum Gasteiger partial charge on any atom is -0.388 e. The van der Waals surface area contributed by atoms with Gasteiger partial charge < -0.3 is 15.7 Å². The van der Waals surface area contributed by atoms with Gasteiger partial charge in [-0.3, -0.25) is 0 Å². The van der Waals surface area contributed by atoms with Crippen molar-refractivity contribution in [1.82, 2.24) is 4.90 Å². The monoisotopic (exact) mass is 238 g/mol. The molecule has 3 aliphatic rings. The normalized spacial score (nSPS) is 46.1. The molecule has 2 aliphatic heterocycles. The molecule has 2 bridgehead atoms. The van der Waals surface area contributed by atoms with Crippen molar-refractivity contribution in [3.05, 3.63) is 0 Å². The SMILES string of the molecule is CN1C2CCC1CC(O)(C1(N)CCCCC1)C2. The van der Waals surface area contributed by atoms with Gasteiger partial charge in [-0.1, -0.05) is 19.3 Å². The van der Waals surface area contributed by atoms with E-state index in [1.54, 1.807) is 0 Å². The second-order valence-electron chi connectivity index (χ2n) is 6.71. The fourth-order valence-electron chi connectivity index (χ4n) is 4.50. The van der Waals surface area contributed by atoms with Crippen molar-refractivity contribution in [3.8, 4) is 0 Å². The summed E-state index contributed by atoms with van der Waals surface area (Å²) in [6, 6.07) is 1.14. The van der Waals surface area contributed by atoms with Crippen molar-refractivity contribution in [1.29, 1.82) is 0 Å². The van der Waals surface area contributed by atoms with Crippen LogP contribution < -0.4 is 5.73 Å². The molecule has 0 aromatic heterocycles. The summed E-state index contributed by atoms with van der Waals surface area (Å²) in [6.07, 6.45) is 10.0. The van der Waals surface area contributed by atoms with Crippen molar-refractivity contribution in [2.45, 2.75) is 81.0 Å². The minimum atomic E-state index is -0.592. The molecule has 1 saturated carbocycles. The molecule has 2 heterocycles. The number of rotatable bonds is 1. The molecule has 98 valence electrons. The number of hydrogen-bond donors (Lipinski definition) is 2. The Morgan fingerprint density at radius 3 is 2.12 bits per heavy atom. The van der Waals surface area contributed by atoms with Crippen molar-refractivity contribution in [2.24, 2.45) is 5.73 Å². The summed E-state index contributed by atoms with van der Waals surface area (Å²) < 4.78 is 0. The molecule has 3 N–H and O–H groups in total. The standard InChI is InChI=1S/C14H26N2O/c1-16-11-5-6-12(16)10-14(17,9-11)13(15)7-3-2-4-8-13/h11-12,17H,2-10,15H2,1H3. The Balaban J connectivity index is 1.82. The van der Waals surface area contributed by atoms with Gasteiger partial charge in [-0.2, -0.15) is 0 Å². The zero-order valence-corrected chi connectivity index (χ0v) is 11.0. The molecule has 0 spiro atoms. The summed E-state index contributed by atoms with van der Waals surface area (Å²) in [5, 5.41) is 11.1. The number of nitrogens with zero attached hydrogens (tertiary/aromatic N) is 1. The van der Waals surface area contributed by atoms with E-state index in [2.05, 4.69) is 11.9 Å². The maximum atomic E-state index is 11.1. The van der Waals surface area contributed by atoms with E-state index in [-0.39, 0.29) is 5.54 Å². The van der Waals surface area contributed by atoms with Crippen LogP contribution in [0.2, 0.25) is 0 Å². The van der Waals surface area contributed by atoms with Gasteiger partial charge in [0.15, 0.2) is 0 Å². The second kappa shape index (κ2) is 3.94. The van der Waals surface area contributed by atoms with Crippen LogP contribution in [-0.2, 0) is 0 Å². The third-order valence-electron chi connectivity index (χ3n) is 5.80. The molecule has 2 unspecified atom stereocenters. The van der Waals surface area contributed by atoms with E-state index in [1.807, 2.05) is 0 Å². The summed E-state index contributed by atoms with van der Waals surface area (Å²) in [6.45, 7) is 0. The van der Waals surface area contributed by atoms with Crippen LogP contribution in [0.1, 0.15) is 57.8 Å². The quantitative estimate of drug-likeness (QED) is 0.730. The summed E-state index contributed by atoms with van der Waals surface area (Å²) in [5.74, 6) is 0. The highest BCUT2D eigenvalue weighted by Gasteiger charge is 2.55. The van der Waals surface area contributed by atoms with E-state index in [1.165, 1.54) is 32.1 Å². The Morgan fingerprint density at radius 1 is 1.06 bits per heavy atom. The van der Waals surface area contributed by atoms with Crippen molar-refractivity contribution in [2.75, 3.05) is 7.05 Å². The first-order valence-electron chi connectivity index (χ1n) is 7.27. The fraction of sp³-hybridized carbons (Fsp3) is 1.00. The topological polar surface area (TPSA) is 49.5 Å². The molecule has 3 nitrogen and oxygen atoms in total. The first-order chi connectivity index (χ1) is 8.04. The van der Waals surface area contributed by atoms with E-state index in [9.17, 15) is 5.11 Å². The number of aliphatic hydroxyl groups is 1. The molecule has 17 heavy (non-hydrogen) atoms. The predicted molar refractivity (Wildman–Crippen MR) is 68.8 cm³/mol. The van der Waals surface area contributed by atoms with E-state index < -0.39 is 5.60 Å². The molecule has 3 heteroatoms. The van der Waals surface area contributed by atoms with Crippen molar-refractivity contribution < 1.29 is 5.11 Å². The maximum Gasteiger partial charge on any atom is 0.0856 e. The Kier molecular flexibility index (Phi) is 2.77. The molecular formula is C14H26N2O. The summed E-state index contributed by atoms with van der Waals surface area (Å²) in [5.41, 5.74) is 5.71. The number of piperidine rings is 1. The highest BCUT2D eigenvalue weighted by atomic mass is 16.3. The largest absolute Gasteiger partial charge is 0.388 e. The number of fused-ring (bicyclic) bond motifs is 2. The van der Waals surface area contributed by atoms with Gasteiger partial charge in [0.05, 0.1) is 5.60 Å². The number of nitrogens with two attached hydrogens (primary N) is 1. The Bertz CT molecular complexity index is 285. The van der Waals surface area contributed by atoms with Gasteiger partial charge in [-0.25, -0.2) is 0 Å². The van der Waals surface area contributed by atoms with Gasteiger partial charge in [-0.15, -0.1) is 0 Å². The van der Waals surface area contributed by atoms with E-state index in [0.29, 0.717) is 12.1 Å². The molecule has 3 rings (SSSR count). The van der Waals surface area contributed by atoms with Gasteiger partial charge >= 0.3 is 0 Å². The minimum absolute atomic E-state index is 0.298. The van der Waals surface area contributed by atoms with Crippen molar-refractivity contribution >= 4 is 0 Å². The van der Waals surface area contributed by atoms with Crippen LogP contribution in [0.5, 0.6) is 0 Å². The van der Waals surface area contributed by atoms with Crippen LogP contribution in [-0.4, -0.2) is 40.3 Å². The van der Waals surface area contributed by atoms with Gasteiger partial charge in [0.1, 0.15) is 0 Å². The maximum absolute atomic E-state index is 11.1. The van der Waals surface area contributed by atoms with Crippen molar-refractivity contribution in [3.63, 3.8) is 0 Å². The summed E-state index contributed by atoms with van der Waals surface area (Å²) in [4.78, 5) is 2.47. The van der Waals surface area contributed by atoms with Crippen LogP contribution in [0.3, 0.4) is 0 Å². The lowest BCUT2D eigenvalue weighted by Gasteiger charge is -2.53. The average molecular weight is 238 g/mol. The molecule has 0 amide bonds. The molecule has 2 saturated heterocycles. The van der Waals surface area contributed by atoms with Crippen LogP contribution in [0, 0.1) is 0 Å². The van der Waals surface area contributed by atoms with Gasteiger partial charge in [-0.05, 0) is 45.6 Å². The molecule has 0 radical (unpaired) electrons. The van der Waals surface area contributed by atoms with Crippen LogP contribution in [0.25, 0.3) is 0 Å². The fourth-order valence-corrected chi connectivity index (χ4v) is 4.50. The third kappa shape index (κ3) is 1.74. The van der Waals surface area contributed by atoms with Gasteiger partial charge in [0, 0.05) is 17.6 Å². The number of hydrogen-bond acceptors (Lipinski definition) is 3. The lowest BCUT2D eigenvalue weighted by Crippen LogP contribution is -2.66. The molecule has 1 aliphatic carbocycles. The molecule has 3 fully saturated rings. The van der Waals surface area contributed by atoms with Gasteiger partial charge in [0.25, 0.3) is 0 Å². The first-order valence-corrected chi connectivity index (χ1v) is 7.27. The Labute approximate surface area is 104 Å². The second-order valence-corrected chi connectivity index (χ2v) is 6.71. The van der Waals surface area contributed by atoms with E-state index in [0.717, 1.165) is 25.7 Å². The zero-order chi connectivity index (χ0) is 12.1. The Morgan fingerprint density at radius 2 is 1.59 bits per heavy atom. The first kappa shape index (κ1) is 11.9. The smallest absolute Gasteiger partial charge is 0.0856 e. The summed E-state index contributed by atoms with van der Waals surface area (Å²) >= 11 is 0. The van der Waals surface area contributed by atoms with Gasteiger partial charge in [0.2, 0.25) is 0 Å². The molecular weight excluding hydrogens is 212 g/mol. The molecule has 2 atom stereocenters. The highest BCUT2D eigenvalue weighted by molar-refractivity contribution is 5.12. The van der Waals surface area contributed by atoms with Crippen LogP contribution in [0.4, 0.5) is 0 Å². The average Bonchev–Trinajstić information content (AvgIpc) is 2.53. The van der Waals surface area contributed by atoms with E-state index in [4.69, 9.17) is 5.73 Å². The van der Waals surface area contributed by atoms with Crippen LogP contribution in [0.15, 0.2) is 0 Å². The van der Waals surface area contributed by atoms with E-state index >= 15 is 0 Å². The zero-order valence-electron chi connectivity index (χ0n) is 11.0. The Hall–Kier alpha value is -0.120. The van der Waals surface area contributed by atoms with Crippen LogP contribution >= 0.6 is 0 Å².